The topological polar surface area (TPSA) is 27.0 Å². The lowest BCUT2D eigenvalue weighted by atomic mass is 10.0. The zero-order valence-electron chi connectivity index (χ0n) is 25.2. The Hall–Kier alpha value is -5.73. The summed E-state index contributed by atoms with van der Waals surface area (Å²) in [6.45, 7) is 0. The molecule has 0 N–H and O–H groups in total. The van der Waals surface area contributed by atoms with Gasteiger partial charge in [-0.1, -0.05) is 72.8 Å². The fourth-order valence-corrected chi connectivity index (χ4v) is 8.72. The molecule has 0 amide bonds. The first-order valence-electron chi connectivity index (χ1n) is 15.6. The van der Waals surface area contributed by atoms with Crippen molar-refractivity contribution in [3.05, 3.63) is 163 Å². The van der Waals surface area contributed by atoms with Gasteiger partial charge in [-0.2, -0.15) is 5.26 Å². The van der Waals surface area contributed by atoms with Crippen LogP contribution in [-0.4, -0.2) is 0 Å². The van der Waals surface area contributed by atoms with Crippen molar-refractivity contribution in [1.29, 1.82) is 5.26 Å². The van der Waals surface area contributed by atoms with Gasteiger partial charge in [0.1, 0.15) is 0 Å². The van der Waals surface area contributed by atoms with Gasteiger partial charge in [-0.15, -0.1) is 22.7 Å². The molecule has 2 aromatic heterocycles. The van der Waals surface area contributed by atoms with Crippen LogP contribution in [0.2, 0.25) is 0 Å². The lowest BCUT2D eigenvalue weighted by molar-refractivity contribution is 1.28. The van der Waals surface area contributed by atoms with Gasteiger partial charge in [-0.05, 0) is 107 Å². The normalized spacial score (nSPS) is 11.4. The number of hydrogen-bond donors (Lipinski definition) is 0. The summed E-state index contributed by atoms with van der Waals surface area (Å²) in [5.41, 5.74) is 8.53. The van der Waals surface area contributed by atoms with Crippen LogP contribution >= 0.6 is 22.7 Å². The van der Waals surface area contributed by atoms with E-state index in [2.05, 4.69) is 144 Å². The van der Waals surface area contributed by atoms with E-state index in [0.717, 1.165) is 17.1 Å². The monoisotopic (exact) mass is 634 g/mol. The molecule has 9 aromatic rings. The number of benzene rings is 7. The second kappa shape index (κ2) is 11.3. The molecule has 0 unspecified atom stereocenters. The van der Waals surface area contributed by atoms with E-state index in [9.17, 15) is 5.26 Å². The highest BCUT2D eigenvalue weighted by Crippen LogP contribution is 2.40. The Kier molecular flexibility index (Phi) is 6.60. The average molecular weight is 635 g/mol. The molecule has 220 valence electrons. The molecule has 0 spiro atoms. The van der Waals surface area contributed by atoms with Crippen LogP contribution in [0.3, 0.4) is 0 Å². The van der Waals surface area contributed by atoms with Crippen LogP contribution in [-0.2, 0) is 0 Å². The second-order valence-corrected chi connectivity index (χ2v) is 13.9. The summed E-state index contributed by atoms with van der Waals surface area (Å²) in [4.78, 5) is 2.25. The fraction of sp³-hybridized carbons (Fsp3) is 0. The van der Waals surface area contributed by atoms with E-state index in [1.165, 1.54) is 62.6 Å². The highest BCUT2D eigenvalue weighted by Gasteiger charge is 2.15. The summed E-state index contributed by atoms with van der Waals surface area (Å²) in [6.07, 6.45) is 0. The SMILES string of the molecule is N#Cc1ccc(N(c2ccc(-c3ccc4sc5ccccc5c4c3)cc2)c2ccc(-c3ccc4sc5ccccc5c4c3)cc2)cc1. The van der Waals surface area contributed by atoms with Gasteiger partial charge in [0.2, 0.25) is 0 Å². The molecule has 7 aromatic carbocycles. The number of thiophene rings is 2. The number of anilines is 3. The quantitative estimate of drug-likeness (QED) is 0.188. The summed E-state index contributed by atoms with van der Waals surface area (Å²) in [5, 5.41) is 14.7. The van der Waals surface area contributed by atoms with Gasteiger partial charge >= 0.3 is 0 Å². The summed E-state index contributed by atoms with van der Waals surface area (Å²) in [6, 6.07) is 58.4. The predicted octanol–water partition coefficient (Wildman–Crippen LogP) is 13.1. The van der Waals surface area contributed by atoms with Crippen LogP contribution in [0, 0.1) is 11.3 Å². The molecule has 2 heterocycles. The van der Waals surface area contributed by atoms with E-state index in [4.69, 9.17) is 0 Å². The van der Waals surface area contributed by atoms with Crippen LogP contribution < -0.4 is 4.90 Å². The molecule has 0 atom stereocenters. The van der Waals surface area contributed by atoms with Crippen LogP contribution in [0.5, 0.6) is 0 Å². The Labute approximate surface area is 280 Å². The van der Waals surface area contributed by atoms with E-state index < -0.39 is 0 Å². The molecule has 0 radical (unpaired) electrons. The minimum atomic E-state index is 0.645. The molecule has 0 aliphatic rings. The minimum Gasteiger partial charge on any atom is -0.311 e. The third-order valence-corrected chi connectivity index (χ3v) is 11.2. The average Bonchev–Trinajstić information content (AvgIpc) is 3.70. The standard InChI is InChI=1S/C43H26N2S2/c44-27-28-9-17-33(18-10-28)45(34-19-11-29(12-20-34)31-15-23-42-38(25-31)36-5-1-3-7-40(36)46-42)35-21-13-30(14-22-35)32-16-24-43-39(26-32)37-6-2-4-8-41(37)47-43/h1-26H. The third-order valence-electron chi connectivity index (χ3n) is 8.93. The number of nitrogens with zero attached hydrogens (tertiary/aromatic N) is 2. The molecular formula is C43H26N2S2. The maximum atomic E-state index is 9.44. The molecule has 4 heteroatoms. The van der Waals surface area contributed by atoms with Crippen molar-refractivity contribution in [2.24, 2.45) is 0 Å². The maximum absolute atomic E-state index is 9.44. The summed E-state index contributed by atoms with van der Waals surface area (Å²) < 4.78 is 5.26. The van der Waals surface area contributed by atoms with Crippen LogP contribution in [0.25, 0.3) is 62.6 Å². The number of hydrogen-bond acceptors (Lipinski definition) is 4. The van der Waals surface area contributed by atoms with E-state index in [1.54, 1.807) is 0 Å². The largest absolute Gasteiger partial charge is 0.311 e. The Balaban J connectivity index is 1.08. The van der Waals surface area contributed by atoms with Crippen LogP contribution in [0.1, 0.15) is 5.56 Å². The van der Waals surface area contributed by atoms with Crippen molar-refractivity contribution < 1.29 is 0 Å². The molecule has 0 fully saturated rings. The Morgan fingerprint density at radius 1 is 0.383 bits per heavy atom. The van der Waals surface area contributed by atoms with Gasteiger partial charge in [0.15, 0.2) is 0 Å². The second-order valence-electron chi connectivity index (χ2n) is 11.7. The predicted molar refractivity (Wildman–Crippen MR) is 202 cm³/mol. The first-order valence-corrected chi connectivity index (χ1v) is 17.2. The molecule has 47 heavy (non-hydrogen) atoms. The van der Waals surface area contributed by atoms with E-state index >= 15 is 0 Å². The Bertz CT molecular complexity index is 2460. The van der Waals surface area contributed by atoms with Crippen molar-refractivity contribution in [1.82, 2.24) is 0 Å². The van der Waals surface area contributed by atoms with Gasteiger partial charge < -0.3 is 4.90 Å². The number of fused-ring (bicyclic) bond motifs is 6. The van der Waals surface area contributed by atoms with Gasteiger partial charge in [0.05, 0.1) is 11.6 Å². The highest BCUT2D eigenvalue weighted by molar-refractivity contribution is 7.26. The fourth-order valence-electron chi connectivity index (χ4n) is 6.55. The molecule has 2 nitrogen and oxygen atoms in total. The summed E-state index contributed by atoms with van der Waals surface area (Å²) in [5.74, 6) is 0. The molecule has 0 aliphatic carbocycles. The first kappa shape index (κ1) is 27.6. The van der Waals surface area contributed by atoms with Crippen LogP contribution in [0.15, 0.2) is 158 Å². The van der Waals surface area contributed by atoms with Gasteiger partial charge in [-0.3, -0.25) is 0 Å². The zero-order valence-corrected chi connectivity index (χ0v) is 26.9. The highest BCUT2D eigenvalue weighted by atomic mass is 32.1. The zero-order chi connectivity index (χ0) is 31.3. The minimum absolute atomic E-state index is 0.645. The molecule has 0 bridgehead atoms. The molecule has 0 saturated carbocycles. The third kappa shape index (κ3) is 4.85. The van der Waals surface area contributed by atoms with Crippen LogP contribution in [0.4, 0.5) is 17.1 Å². The van der Waals surface area contributed by atoms with Crippen molar-refractivity contribution in [2.75, 3.05) is 4.90 Å². The van der Waals surface area contributed by atoms with Crippen molar-refractivity contribution in [2.45, 2.75) is 0 Å². The summed E-state index contributed by atoms with van der Waals surface area (Å²) >= 11 is 3.69. The molecule has 9 rings (SSSR count). The molecular weight excluding hydrogens is 609 g/mol. The lowest BCUT2D eigenvalue weighted by Gasteiger charge is -2.26. The van der Waals surface area contributed by atoms with Crippen molar-refractivity contribution in [3.63, 3.8) is 0 Å². The first-order chi connectivity index (χ1) is 23.2. The van der Waals surface area contributed by atoms with E-state index in [-0.39, 0.29) is 0 Å². The Morgan fingerprint density at radius 2 is 0.766 bits per heavy atom. The number of nitriles is 1. The van der Waals surface area contributed by atoms with Crippen molar-refractivity contribution in [3.8, 4) is 28.3 Å². The summed E-state index contributed by atoms with van der Waals surface area (Å²) in [7, 11) is 0. The lowest BCUT2D eigenvalue weighted by Crippen LogP contribution is -2.09. The maximum Gasteiger partial charge on any atom is 0.0991 e. The van der Waals surface area contributed by atoms with E-state index in [1.807, 2.05) is 46.9 Å². The Morgan fingerprint density at radius 3 is 1.21 bits per heavy atom. The van der Waals surface area contributed by atoms with Crippen molar-refractivity contribution >= 4 is 80.1 Å². The van der Waals surface area contributed by atoms with Gasteiger partial charge in [-0.25, -0.2) is 0 Å². The smallest absolute Gasteiger partial charge is 0.0991 e. The van der Waals surface area contributed by atoms with Gasteiger partial charge in [0, 0.05) is 57.4 Å². The number of rotatable bonds is 5. The molecule has 0 saturated heterocycles. The van der Waals surface area contributed by atoms with Gasteiger partial charge in [0.25, 0.3) is 0 Å². The van der Waals surface area contributed by atoms with E-state index in [0.29, 0.717) is 5.56 Å². The molecule has 0 aliphatic heterocycles.